The molecule has 0 aliphatic rings. The first-order valence-corrected chi connectivity index (χ1v) is 7.00. The van der Waals surface area contributed by atoms with Crippen molar-refractivity contribution in [1.29, 1.82) is 0 Å². The maximum absolute atomic E-state index is 11.9. The van der Waals surface area contributed by atoms with Gasteiger partial charge in [0.2, 0.25) is 0 Å². The third-order valence-electron chi connectivity index (χ3n) is 3.39. The molecule has 3 N–H and O–H groups in total. The van der Waals surface area contributed by atoms with Crippen molar-refractivity contribution >= 4 is 34.3 Å². The Kier molecular flexibility index (Phi) is 3.79. The molecule has 3 rings (SSSR count). The van der Waals surface area contributed by atoms with E-state index in [4.69, 9.17) is 26.8 Å². The number of halogens is 1. The minimum Gasteiger partial charge on any atom is -0.491 e. The molecule has 7 nitrogen and oxygen atoms in total. The molecule has 0 aliphatic heterocycles. The Morgan fingerprint density at radius 1 is 1.26 bits per heavy atom. The third-order valence-corrected chi connectivity index (χ3v) is 3.72. The van der Waals surface area contributed by atoms with Crippen molar-refractivity contribution in [3.8, 4) is 17.1 Å². The number of aromatic nitrogens is 3. The van der Waals surface area contributed by atoms with Gasteiger partial charge in [0.15, 0.2) is 23.1 Å². The van der Waals surface area contributed by atoms with Crippen molar-refractivity contribution in [2.24, 2.45) is 0 Å². The summed E-state index contributed by atoms with van der Waals surface area (Å²) in [5, 5.41) is 1.42. The number of H-pyrrole nitrogens is 1. The van der Waals surface area contributed by atoms with E-state index in [0.29, 0.717) is 10.6 Å². The second-order valence-corrected chi connectivity index (χ2v) is 5.07. The van der Waals surface area contributed by atoms with Crippen molar-refractivity contribution in [3.63, 3.8) is 0 Å². The number of aromatic amines is 1. The molecule has 0 aliphatic carbocycles. The molecule has 118 valence electrons. The van der Waals surface area contributed by atoms with Gasteiger partial charge in [0.25, 0.3) is 0 Å². The number of hydrogen-bond donors (Lipinski definition) is 2. The van der Waals surface area contributed by atoms with Gasteiger partial charge < -0.3 is 20.2 Å². The maximum Gasteiger partial charge on any atom is 0.360 e. The molecule has 0 atom stereocenters. The average molecular weight is 333 g/mol. The number of nitrogen functional groups attached to an aromatic ring is 1. The molecule has 3 aromatic rings. The Hall–Kier alpha value is -2.80. The van der Waals surface area contributed by atoms with Crippen LogP contribution in [0.1, 0.15) is 10.5 Å². The summed E-state index contributed by atoms with van der Waals surface area (Å²) >= 11 is 6.16. The number of carbonyl (C=O) groups is 1. The molecular weight excluding hydrogens is 320 g/mol. The van der Waals surface area contributed by atoms with Crippen LogP contribution in [0.3, 0.4) is 0 Å². The first-order valence-electron chi connectivity index (χ1n) is 6.62. The zero-order valence-electron chi connectivity index (χ0n) is 12.4. The first kappa shape index (κ1) is 15.1. The molecule has 0 spiro atoms. The number of nitrogens with two attached hydrogens (primary N) is 1. The van der Waals surface area contributed by atoms with Crippen LogP contribution in [-0.4, -0.2) is 35.1 Å². The highest BCUT2D eigenvalue weighted by atomic mass is 35.5. The van der Waals surface area contributed by atoms with Gasteiger partial charge in [0, 0.05) is 22.2 Å². The van der Waals surface area contributed by atoms with Crippen LogP contribution >= 0.6 is 11.6 Å². The predicted octanol–water partition coefficient (Wildman–Crippen LogP) is 2.66. The van der Waals surface area contributed by atoms with Gasteiger partial charge in [-0.05, 0) is 18.2 Å². The van der Waals surface area contributed by atoms with E-state index >= 15 is 0 Å². The molecule has 0 amide bonds. The quantitative estimate of drug-likeness (QED) is 0.715. The zero-order valence-corrected chi connectivity index (χ0v) is 13.1. The van der Waals surface area contributed by atoms with Crippen molar-refractivity contribution < 1.29 is 14.3 Å². The monoisotopic (exact) mass is 332 g/mol. The van der Waals surface area contributed by atoms with Crippen molar-refractivity contribution in [3.05, 3.63) is 35.1 Å². The number of methoxy groups -OCH3 is 2. The summed E-state index contributed by atoms with van der Waals surface area (Å²) < 4.78 is 9.82. The van der Waals surface area contributed by atoms with Crippen molar-refractivity contribution in [1.82, 2.24) is 15.0 Å². The standard InChI is InChI=1S/C15H13ClN4O3/c1-22-12-11(15(21)23-2)19-14(20-13(12)17)8-3-4-9(16)7-5-6-18-10(7)8/h3-6,18H,1-2H3,(H2,17,19,20). The number of esters is 1. The number of hydrogen-bond acceptors (Lipinski definition) is 6. The van der Waals surface area contributed by atoms with E-state index in [2.05, 4.69) is 15.0 Å². The lowest BCUT2D eigenvalue weighted by molar-refractivity contribution is 0.0590. The molecule has 0 radical (unpaired) electrons. The highest BCUT2D eigenvalue weighted by Gasteiger charge is 2.22. The molecule has 2 heterocycles. The van der Waals surface area contributed by atoms with Crippen LogP contribution in [0, 0.1) is 0 Å². The number of ether oxygens (including phenoxy) is 2. The number of anilines is 1. The van der Waals surface area contributed by atoms with Gasteiger partial charge >= 0.3 is 5.97 Å². The summed E-state index contributed by atoms with van der Waals surface area (Å²) in [5.41, 5.74) is 7.27. The lowest BCUT2D eigenvalue weighted by Gasteiger charge is -2.11. The van der Waals surface area contributed by atoms with Crippen LogP contribution in [0.2, 0.25) is 5.02 Å². The highest BCUT2D eigenvalue weighted by Crippen LogP contribution is 2.33. The summed E-state index contributed by atoms with van der Waals surface area (Å²) in [4.78, 5) is 23.5. The number of benzene rings is 1. The molecule has 0 fully saturated rings. The van der Waals surface area contributed by atoms with Gasteiger partial charge in [-0.3, -0.25) is 0 Å². The molecule has 2 aromatic heterocycles. The molecule has 1 aromatic carbocycles. The number of rotatable bonds is 3. The Morgan fingerprint density at radius 2 is 2.04 bits per heavy atom. The first-order chi connectivity index (χ1) is 11.1. The third kappa shape index (κ3) is 2.44. The Bertz CT molecular complexity index is 907. The van der Waals surface area contributed by atoms with Crippen molar-refractivity contribution in [2.75, 3.05) is 20.0 Å². The van der Waals surface area contributed by atoms with Crippen LogP contribution < -0.4 is 10.5 Å². The van der Waals surface area contributed by atoms with E-state index in [1.54, 1.807) is 18.3 Å². The fourth-order valence-corrected chi connectivity index (χ4v) is 2.55. The normalized spacial score (nSPS) is 10.7. The van der Waals surface area contributed by atoms with E-state index in [1.165, 1.54) is 14.2 Å². The van der Waals surface area contributed by atoms with Crippen LogP contribution in [0.25, 0.3) is 22.3 Å². The summed E-state index contributed by atoms with van der Waals surface area (Å²) in [6, 6.07) is 5.33. The van der Waals surface area contributed by atoms with Gasteiger partial charge in [0.05, 0.1) is 19.7 Å². The minimum absolute atomic E-state index is 0.0350. The number of nitrogens with one attached hydrogen (secondary N) is 1. The topological polar surface area (TPSA) is 103 Å². The van der Waals surface area contributed by atoms with E-state index < -0.39 is 5.97 Å². The zero-order chi connectivity index (χ0) is 16.6. The largest absolute Gasteiger partial charge is 0.491 e. The highest BCUT2D eigenvalue weighted by molar-refractivity contribution is 6.35. The van der Waals surface area contributed by atoms with Gasteiger partial charge in [-0.25, -0.2) is 14.8 Å². The van der Waals surface area contributed by atoms with Gasteiger partial charge in [0.1, 0.15) is 0 Å². The lowest BCUT2D eigenvalue weighted by Crippen LogP contribution is -2.11. The summed E-state index contributed by atoms with van der Waals surface area (Å²) in [6.45, 7) is 0. The molecule has 0 bridgehead atoms. The van der Waals surface area contributed by atoms with Gasteiger partial charge in [-0.2, -0.15) is 0 Å². The van der Waals surface area contributed by atoms with Gasteiger partial charge in [-0.15, -0.1) is 0 Å². The van der Waals surface area contributed by atoms with Crippen LogP contribution in [0.5, 0.6) is 5.75 Å². The van der Waals surface area contributed by atoms with E-state index in [1.807, 2.05) is 6.07 Å². The van der Waals surface area contributed by atoms with Crippen LogP contribution in [-0.2, 0) is 4.74 Å². The van der Waals surface area contributed by atoms with E-state index in [-0.39, 0.29) is 23.1 Å². The molecular formula is C15H13ClN4O3. The maximum atomic E-state index is 11.9. The molecule has 0 saturated carbocycles. The average Bonchev–Trinajstić information content (AvgIpc) is 3.04. The number of carbonyl (C=O) groups excluding carboxylic acids is 1. The second-order valence-electron chi connectivity index (χ2n) is 4.67. The Balaban J connectivity index is 2.27. The fraction of sp³-hybridized carbons (Fsp3) is 0.133. The molecule has 8 heteroatoms. The molecule has 0 saturated heterocycles. The fourth-order valence-electron chi connectivity index (χ4n) is 2.33. The van der Waals surface area contributed by atoms with E-state index in [0.717, 1.165) is 10.9 Å². The Morgan fingerprint density at radius 3 is 2.74 bits per heavy atom. The van der Waals surface area contributed by atoms with Gasteiger partial charge in [-0.1, -0.05) is 11.6 Å². The van der Waals surface area contributed by atoms with Crippen molar-refractivity contribution in [2.45, 2.75) is 0 Å². The summed E-state index contributed by atoms with van der Waals surface area (Å²) in [7, 11) is 2.64. The number of nitrogens with zero attached hydrogens (tertiary/aromatic N) is 2. The minimum atomic E-state index is -0.658. The predicted molar refractivity (Wildman–Crippen MR) is 86.6 cm³/mol. The smallest absolute Gasteiger partial charge is 0.360 e. The summed E-state index contributed by atoms with van der Waals surface area (Å²) in [6.07, 6.45) is 1.76. The van der Waals surface area contributed by atoms with Crippen LogP contribution in [0.4, 0.5) is 5.82 Å². The SMILES string of the molecule is COC(=O)c1nc(-c2ccc(Cl)c3cc[nH]c23)nc(N)c1OC. The second kappa shape index (κ2) is 5.77. The molecule has 0 unspecified atom stereocenters. The molecule has 23 heavy (non-hydrogen) atoms. The van der Waals surface area contributed by atoms with E-state index in [9.17, 15) is 4.79 Å². The van der Waals surface area contributed by atoms with Crippen LogP contribution in [0.15, 0.2) is 24.4 Å². The lowest BCUT2D eigenvalue weighted by atomic mass is 10.1. The Labute approximate surface area is 136 Å². The number of fused-ring (bicyclic) bond motifs is 1. The summed E-state index contributed by atoms with van der Waals surface area (Å²) in [5.74, 6) is -0.258.